The van der Waals surface area contributed by atoms with Crippen LogP contribution in [0.25, 0.3) is 11.4 Å². The lowest BCUT2D eigenvalue weighted by atomic mass is 9.98. The van der Waals surface area contributed by atoms with Gasteiger partial charge < -0.3 is 14.6 Å². The van der Waals surface area contributed by atoms with Gasteiger partial charge in [-0.3, -0.25) is 4.79 Å². The molecule has 2 aromatic carbocycles. The molecule has 3 heterocycles. The lowest BCUT2D eigenvalue weighted by Crippen LogP contribution is -2.37. The van der Waals surface area contributed by atoms with Crippen LogP contribution in [0.1, 0.15) is 41.0 Å². The second-order valence-corrected chi connectivity index (χ2v) is 7.84. The molecule has 7 nitrogen and oxygen atoms in total. The predicted octanol–water partition coefficient (Wildman–Crippen LogP) is 3.53. The summed E-state index contributed by atoms with van der Waals surface area (Å²) in [5, 5.41) is 11.2. The highest BCUT2D eigenvalue weighted by molar-refractivity contribution is 6.00. The number of hydrogen-bond acceptors (Lipinski definition) is 5. The van der Waals surface area contributed by atoms with Crippen molar-refractivity contribution in [1.29, 1.82) is 0 Å². The molecule has 0 saturated heterocycles. The van der Waals surface area contributed by atoms with Gasteiger partial charge in [-0.2, -0.15) is 0 Å². The number of nitrogens with zero attached hydrogens (tertiary/aromatic N) is 3. The second kappa shape index (κ2) is 7.94. The summed E-state index contributed by atoms with van der Waals surface area (Å²) in [4.78, 5) is 25.0. The molecule has 2 aliphatic rings. The van der Waals surface area contributed by atoms with E-state index in [0.717, 1.165) is 43.6 Å². The minimum Gasteiger partial charge on any atom is -0.448 e. The van der Waals surface area contributed by atoms with Crippen molar-refractivity contribution < 1.29 is 18.7 Å². The van der Waals surface area contributed by atoms with Crippen molar-refractivity contribution in [2.75, 3.05) is 5.32 Å². The lowest BCUT2D eigenvalue weighted by Gasteiger charge is -2.23. The van der Waals surface area contributed by atoms with Gasteiger partial charge in [-0.1, -0.05) is 24.6 Å². The van der Waals surface area contributed by atoms with Crippen molar-refractivity contribution in [3.63, 3.8) is 0 Å². The van der Waals surface area contributed by atoms with Gasteiger partial charge >= 0.3 is 5.97 Å². The third-order valence-corrected chi connectivity index (χ3v) is 5.77. The minimum absolute atomic E-state index is 0.282. The van der Waals surface area contributed by atoms with Crippen molar-refractivity contribution in [2.24, 2.45) is 0 Å². The van der Waals surface area contributed by atoms with Crippen molar-refractivity contribution in [2.45, 2.75) is 44.8 Å². The zero-order valence-electron chi connectivity index (χ0n) is 16.8. The number of hydrogen-bond donors (Lipinski definition) is 1. The Hall–Kier alpha value is -3.55. The first-order valence-electron chi connectivity index (χ1n) is 10.4. The van der Waals surface area contributed by atoms with E-state index in [0.29, 0.717) is 23.5 Å². The average Bonchev–Trinajstić information content (AvgIpc) is 3.02. The fraction of sp³-hybridized carbons (Fsp3) is 0.304. The Morgan fingerprint density at radius 1 is 1.10 bits per heavy atom. The zero-order valence-corrected chi connectivity index (χ0v) is 16.8. The number of ether oxygens (including phenoxy) is 1. The molecule has 158 valence electrons. The van der Waals surface area contributed by atoms with Crippen molar-refractivity contribution in [1.82, 2.24) is 14.8 Å². The Kier molecular flexibility index (Phi) is 4.97. The smallest absolute Gasteiger partial charge is 0.339 e. The lowest BCUT2D eigenvalue weighted by molar-refractivity contribution is -0.125. The fourth-order valence-corrected chi connectivity index (χ4v) is 4.16. The van der Waals surface area contributed by atoms with E-state index in [1.807, 2.05) is 16.7 Å². The van der Waals surface area contributed by atoms with Gasteiger partial charge in [0.15, 0.2) is 11.9 Å². The summed E-state index contributed by atoms with van der Waals surface area (Å²) in [7, 11) is 0. The topological polar surface area (TPSA) is 86.1 Å². The number of aryl methyl sites for hydroxylation is 1. The SMILES string of the molecule is O=C1OC(C(=O)Nc2ccc(F)c(-c3nnc4n3CCCCC4)c2)Cc2ccccc21. The van der Waals surface area contributed by atoms with Crippen LogP contribution in [-0.2, 0) is 28.9 Å². The highest BCUT2D eigenvalue weighted by Gasteiger charge is 2.31. The molecule has 3 aromatic rings. The Bertz CT molecular complexity index is 1170. The summed E-state index contributed by atoms with van der Waals surface area (Å²) < 4.78 is 21.9. The van der Waals surface area contributed by atoms with Crippen LogP contribution in [0.5, 0.6) is 0 Å². The van der Waals surface area contributed by atoms with Crippen LogP contribution < -0.4 is 5.32 Å². The highest BCUT2D eigenvalue weighted by atomic mass is 19.1. The first kappa shape index (κ1) is 19.4. The number of carbonyl (C=O) groups is 2. The number of cyclic esters (lactones) is 1. The quantitative estimate of drug-likeness (QED) is 0.655. The van der Waals surface area contributed by atoms with Crippen LogP contribution >= 0.6 is 0 Å². The van der Waals surface area contributed by atoms with E-state index in [-0.39, 0.29) is 5.56 Å². The summed E-state index contributed by atoms with van der Waals surface area (Å²) in [6, 6.07) is 11.4. The Labute approximate surface area is 178 Å². The maximum Gasteiger partial charge on any atom is 0.339 e. The van der Waals surface area contributed by atoms with E-state index in [1.165, 1.54) is 12.1 Å². The van der Waals surface area contributed by atoms with Crippen molar-refractivity contribution in [3.8, 4) is 11.4 Å². The molecule has 5 rings (SSSR count). The van der Waals surface area contributed by atoms with E-state index in [2.05, 4.69) is 15.5 Å². The molecule has 31 heavy (non-hydrogen) atoms. The minimum atomic E-state index is -0.944. The highest BCUT2D eigenvalue weighted by Crippen LogP contribution is 2.28. The number of carbonyl (C=O) groups excluding carboxylic acids is 2. The molecule has 0 radical (unpaired) electrons. The number of anilines is 1. The molecular weight excluding hydrogens is 399 g/mol. The Morgan fingerprint density at radius 2 is 1.97 bits per heavy atom. The van der Waals surface area contributed by atoms with Gasteiger partial charge in [0.1, 0.15) is 11.6 Å². The number of benzene rings is 2. The maximum absolute atomic E-state index is 14.6. The van der Waals surface area contributed by atoms with Crippen LogP contribution in [0.4, 0.5) is 10.1 Å². The van der Waals surface area contributed by atoms with E-state index >= 15 is 0 Å². The standard InChI is InChI=1S/C23H21FN4O3/c24-18-10-9-15(13-17(18)21-27-26-20-8-2-1-5-11-28(20)21)25-22(29)19-12-14-6-3-4-7-16(14)23(30)31-19/h3-4,6-7,9-10,13,19H,1-2,5,8,11-12H2,(H,25,29). The number of halogens is 1. The molecule has 2 aliphatic heterocycles. The zero-order chi connectivity index (χ0) is 21.4. The molecule has 1 N–H and O–H groups in total. The molecule has 8 heteroatoms. The molecule has 0 saturated carbocycles. The number of fused-ring (bicyclic) bond motifs is 2. The molecular formula is C23H21FN4O3. The second-order valence-electron chi connectivity index (χ2n) is 7.84. The molecule has 0 spiro atoms. The average molecular weight is 420 g/mol. The fourth-order valence-electron chi connectivity index (χ4n) is 4.16. The van der Waals surface area contributed by atoms with Crippen LogP contribution in [0, 0.1) is 5.82 Å². The third kappa shape index (κ3) is 3.69. The monoisotopic (exact) mass is 420 g/mol. The van der Waals surface area contributed by atoms with Crippen LogP contribution in [0.15, 0.2) is 42.5 Å². The summed E-state index contributed by atoms with van der Waals surface area (Å²) in [5.41, 5.74) is 1.93. The van der Waals surface area contributed by atoms with Crippen LogP contribution in [0.3, 0.4) is 0 Å². The van der Waals surface area contributed by atoms with E-state index in [1.54, 1.807) is 18.2 Å². The van der Waals surface area contributed by atoms with Crippen molar-refractivity contribution >= 4 is 17.6 Å². The summed E-state index contributed by atoms with van der Waals surface area (Å²) in [6.45, 7) is 0.741. The number of rotatable bonds is 3. The largest absolute Gasteiger partial charge is 0.448 e. The number of aromatic nitrogens is 3. The first-order valence-corrected chi connectivity index (χ1v) is 10.4. The molecule has 0 aliphatic carbocycles. The van der Waals surface area contributed by atoms with Crippen LogP contribution in [0.2, 0.25) is 0 Å². The van der Waals surface area contributed by atoms with Gasteiger partial charge in [-0.05, 0) is 42.7 Å². The van der Waals surface area contributed by atoms with E-state index in [9.17, 15) is 14.0 Å². The maximum atomic E-state index is 14.6. The summed E-state index contributed by atoms with van der Waals surface area (Å²) in [6.07, 6.45) is 3.30. The van der Waals surface area contributed by atoms with E-state index in [4.69, 9.17) is 4.74 Å². The molecule has 1 amide bonds. The molecule has 1 unspecified atom stereocenters. The first-order chi connectivity index (χ1) is 15.1. The normalized spacial score (nSPS) is 17.8. The number of nitrogens with one attached hydrogen (secondary N) is 1. The summed E-state index contributed by atoms with van der Waals surface area (Å²) in [5.74, 6) is -0.0958. The summed E-state index contributed by atoms with van der Waals surface area (Å²) >= 11 is 0. The van der Waals surface area contributed by atoms with Gasteiger partial charge in [-0.15, -0.1) is 10.2 Å². The third-order valence-electron chi connectivity index (χ3n) is 5.77. The van der Waals surface area contributed by atoms with Crippen molar-refractivity contribution in [3.05, 3.63) is 65.2 Å². The Balaban J connectivity index is 1.39. The molecule has 0 fully saturated rings. The number of amides is 1. The molecule has 1 aromatic heterocycles. The van der Waals surface area contributed by atoms with Crippen LogP contribution in [-0.4, -0.2) is 32.7 Å². The Morgan fingerprint density at radius 3 is 2.87 bits per heavy atom. The van der Waals surface area contributed by atoms with Gasteiger partial charge in [0.2, 0.25) is 0 Å². The van der Waals surface area contributed by atoms with Gasteiger partial charge in [-0.25, -0.2) is 9.18 Å². The van der Waals surface area contributed by atoms with Gasteiger partial charge in [0.05, 0.1) is 11.1 Å². The predicted molar refractivity (Wildman–Crippen MR) is 111 cm³/mol. The van der Waals surface area contributed by atoms with E-state index < -0.39 is 23.8 Å². The number of esters is 1. The van der Waals surface area contributed by atoms with Gasteiger partial charge in [0, 0.05) is 25.1 Å². The molecule has 0 bridgehead atoms. The van der Waals surface area contributed by atoms with Gasteiger partial charge in [0.25, 0.3) is 5.91 Å². The molecule has 1 atom stereocenters.